The molecular weight excluding hydrogens is 483 g/mol. The van der Waals surface area contributed by atoms with Gasteiger partial charge >= 0.3 is 6.09 Å². The first-order chi connectivity index (χ1) is 13.2. The fourth-order valence-corrected chi connectivity index (χ4v) is 2.45. The second kappa shape index (κ2) is 13.5. The van der Waals surface area contributed by atoms with Crippen molar-refractivity contribution in [3.63, 3.8) is 0 Å². The minimum Gasteiger partial charge on any atom is -0.497 e. The van der Waals surface area contributed by atoms with Gasteiger partial charge in [0.1, 0.15) is 11.4 Å². The maximum Gasteiger partial charge on any atom is 0.410 e. The maximum absolute atomic E-state index is 12.1. The molecule has 1 amide bonds. The van der Waals surface area contributed by atoms with Gasteiger partial charge in [-0.1, -0.05) is 12.1 Å². The first-order valence-electron chi connectivity index (χ1n) is 9.69. The number of halogens is 1. The third-order valence-corrected chi connectivity index (χ3v) is 4.29. The standard InChI is InChI=1S/C21H36N4O3.HI/c1-16(25(6)20(26)28-21(2,3)4)12-14-23-19(22-5)24-15-13-17-8-10-18(27-7)11-9-17;/h8-11,16H,12-15H2,1-7H3,(H2,22,23,24);1H. The van der Waals surface area contributed by atoms with Crippen LogP contribution in [0.5, 0.6) is 5.75 Å². The molecule has 1 rings (SSSR count). The van der Waals surface area contributed by atoms with Crippen LogP contribution in [0.3, 0.4) is 0 Å². The Morgan fingerprint density at radius 1 is 1.17 bits per heavy atom. The Kier molecular flexibility index (Phi) is 12.7. The highest BCUT2D eigenvalue weighted by atomic mass is 127. The monoisotopic (exact) mass is 520 g/mol. The van der Waals surface area contributed by atoms with E-state index in [0.717, 1.165) is 31.1 Å². The maximum atomic E-state index is 12.1. The topological polar surface area (TPSA) is 75.2 Å². The number of rotatable bonds is 8. The molecule has 0 saturated carbocycles. The SMILES string of the molecule is CN=C(NCCc1ccc(OC)cc1)NCCC(C)N(C)C(=O)OC(C)(C)C.I. The Morgan fingerprint density at radius 3 is 2.28 bits per heavy atom. The third kappa shape index (κ3) is 11.2. The summed E-state index contributed by atoms with van der Waals surface area (Å²) in [6.07, 6.45) is 1.37. The van der Waals surface area contributed by atoms with Gasteiger partial charge in [0, 0.05) is 33.2 Å². The van der Waals surface area contributed by atoms with E-state index in [1.165, 1.54) is 5.56 Å². The minimum absolute atomic E-state index is 0. The molecule has 1 aromatic rings. The summed E-state index contributed by atoms with van der Waals surface area (Å²) in [7, 11) is 5.18. The van der Waals surface area contributed by atoms with Crippen molar-refractivity contribution in [1.82, 2.24) is 15.5 Å². The van der Waals surface area contributed by atoms with Gasteiger partial charge in [0.25, 0.3) is 0 Å². The molecule has 1 atom stereocenters. The van der Waals surface area contributed by atoms with E-state index in [2.05, 4.69) is 27.8 Å². The van der Waals surface area contributed by atoms with Crippen molar-refractivity contribution >= 4 is 36.0 Å². The van der Waals surface area contributed by atoms with E-state index in [-0.39, 0.29) is 36.1 Å². The zero-order valence-corrected chi connectivity index (χ0v) is 21.1. The molecule has 0 aliphatic rings. The van der Waals surface area contributed by atoms with Gasteiger partial charge in [-0.15, -0.1) is 24.0 Å². The largest absolute Gasteiger partial charge is 0.497 e. The van der Waals surface area contributed by atoms with Crippen LogP contribution < -0.4 is 15.4 Å². The molecule has 166 valence electrons. The highest BCUT2D eigenvalue weighted by Gasteiger charge is 2.22. The zero-order chi connectivity index (χ0) is 21.2. The van der Waals surface area contributed by atoms with Crippen LogP contribution in [0.15, 0.2) is 29.3 Å². The number of carbonyl (C=O) groups is 1. The van der Waals surface area contributed by atoms with E-state index in [9.17, 15) is 4.79 Å². The molecule has 8 heteroatoms. The number of hydrogen-bond acceptors (Lipinski definition) is 4. The van der Waals surface area contributed by atoms with E-state index < -0.39 is 5.60 Å². The number of carbonyl (C=O) groups excluding carboxylic acids is 1. The van der Waals surface area contributed by atoms with E-state index in [4.69, 9.17) is 9.47 Å². The van der Waals surface area contributed by atoms with Crippen LogP contribution in [0.25, 0.3) is 0 Å². The Morgan fingerprint density at radius 2 is 1.76 bits per heavy atom. The van der Waals surface area contributed by atoms with Crippen molar-refractivity contribution in [3.8, 4) is 5.75 Å². The third-order valence-electron chi connectivity index (χ3n) is 4.29. The Hall–Kier alpha value is -1.71. The van der Waals surface area contributed by atoms with Gasteiger partial charge in [-0.05, 0) is 58.2 Å². The molecule has 29 heavy (non-hydrogen) atoms. The van der Waals surface area contributed by atoms with E-state index in [1.54, 1.807) is 26.1 Å². The fraction of sp³-hybridized carbons (Fsp3) is 0.619. The van der Waals surface area contributed by atoms with E-state index in [1.807, 2.05) is 39.8 Å². The second-order valence-corrected chi connectivity index (χ2v) is 7.75. The predicted molar refractivity (Wildman–Crippen MR) is 130 cm³/mol. The lowest BCUT2D eigenvalue weighted by Crippen LogP contribution is -2.43. The number of hydrogen-bond donors (Lipinski definition) is 2. The number of nitrogens with zero attached hydrogens (tertiary/aromatic N) is 2. The molecule has 0 radical (unpaired) electrons. The lowest BCUT2D eigenvalue weighted by molar-refractivity contribution is 0.0230. The molecular formula is C21H37IN4O3. The van der Waals surface area contributed by atoms with Crippen molar-refractivity contribution in [2.75, 3.05) is 34.3 Å². The molecule has 0 aromatic heterocycles. The average Bonchev–Trinajstić information content (AvgIpc) is 2.65. The number of aliphatic imine (C=N–C) groups is 1. The number of nitrogens with one attached hydrogen (secondary N) is 2. The van der Waals surface area contributed by atoms with Crippen LogP contribution in [0.2, 0.25) is 0 Å². The summed E-state index contributed by atoms with van der Waals surface area (Å²) in [5, 5.41) is 6.59. The molecule has 1 unspecified atom stereocenters. The van der Waals surface area contributed by atoms with Crippen LogP contribution in [0, 0.1) is 0 Å². The summed E-state index contributed by atoms with van der Waals surface area (Å²) in [4.78, 5) is 18.0. The molecule has 0 heterocycles. The highest BCUT2D eigenvalue weighted by Crippen LogP contribution is 2.12. The minimum atomic E-state index is -0.487. The lowest BCUT2D eigenvalue weighted by atomic mass is 10.1. The molecule has 0 bridgehead atoms. The van der Waals surface area contributed by atoms with E-state index in [0.29, 0.717) is 6.54 Å². The second-order valence-electron chi connectivity index (χ2n) is 7.75. The van der Waals surface area contributed by atoms with Crippen molar-refractivity contribution in [3.05, 3.63) is 29.8 Å². The molecule has 1 aromatic carbocycles. The summed E-state index contributed by atoms with van der Waals surface area (Å²) in [5.74, 6) is 1.61. The van der Waals surface area contributed by atoms with Gasteiger partial charge in [-0.25, -0.2) is 4.79 Å². The molecule has 0 spiro atoms. The van der Waals surface area contributed by atoms with E-state index >= 15 is 0 Å². The Balaban J connectivity index is 0.00000784. The first kappa shape index (κ1) is 27.3. The van der Waals surface area contributed by atoms with Crippen LogP contribution in [-0.4, -0.2) is 62.9 Å². The number of guanidine groups is 1. The quantitative estimate of drug-likeness (QED) is 0.311. The van der Waals surface area contributed by atoms with Crippen LogP contribution in [0.4, 0.5) is 4.79 Å². The number of amides is 1. The fourth-order valence-electron chi connectivity index (χ4n) is 2.45. The van der Waals surface area contributed by atoms with Crippen molar-refractivity contribution < 1.29 is 14.3 Å². The van der Waals surface area contributed by atoms with Gasteiger partial charge < -0.3 is 25.0 Å². The molecule has 2 N–H and O–H groups in total. The van der Waals surface area contributed by atoms with Gasteiger partial charge in [0.05, 0.1) is 7.11 Å². The number of benzene rings is 1. The predicted octanol–water partition coefficient (Wildman–Crippen LogP) is 3.67. The van der Waals surface area contributed by atoms with Gasteiger partial charge in [-0.2, -0.15) is 0 Å². The van der Waals surface area contributed by atoms with Gasteiger partial charge in [0.15, 0.2) is 5.96 Å². The van der Waals surface area contributed by atoms with Gasteiger partial charge in [0.2, 0.25) is 0 Å². The summed E-state index contributed by atoms with van der Waals surface area (Å²) in [6, 6.07) is 8.10. The molecule has 0 saturated heterocycles. The van der Waals surface area contributed by atoms with Crippen LogP contribution in [-0.2, 0) is 11.2 Å². The number of methoxy groups -OCH3 is 1. The molecule has 0 fully saturated rings. The Bertz CT molecular complexity index is 630. The first-order valence-corrected chi connectivity index (χ1v) is 9.69. The van der Waals surface area contributed by atoms with Gasteiger partial charge in [-0.3, -0.25) is 4.99 Å². The molecule has 0 aliphatic carbocycles. The summed E-state index contributed by atoms with van der Waals surface area (Å²) in [6.45, 7) is 9.09. The zero-order valence-electron chi connectivity index (χ0n) is 18.7. The number of ether oxygens (including phenoxy) is 2. The Labute approximate surface area is 192 Å². The average molecular weight is 520 g/mol. The molecule has 7 nitrogen and oxygen atoms in total. The van der Waals surface area contributed by atoms with Crippen LogP contribution in [0.1, 0.15) is 39.7 Å². The summed E-state index contributed by atoms with van der Waals surface area (Å²) < 4.78 is 10.6. The molecule has 0 aliphatic heterocycles. The highest BCUT2D eigenvalue weighted by molar-refractivity contribution is 14.0. The van der Waals surface area contributed by atoms with Crippen LogP contribution >= 0.6 is 24.0 Å². The smallest absolute Gasteiger partial charge is 0.410 e. The van der Waals surface area contributed by atoms with Crippen molar-refractivity contribution in [1.29, 1.82) is 0 Å². The summed E-state index contributed by atoms with van der Waals surface area (Å²) in [5.41, 5.74) is 0.746. The normalized spacial score (nSPS) is 12.4. The van der Waals surface area contributed by atoms with Crippen molar-refractivity contribution in [2.24, 2.45) is 4.99 Å². The lowest BCUT2D eigenvalue weighted by Gasteiger charge is -2.28. The van der Waals surface area contributed by atoms with Crippen molar-refractivity contribution in [2.45, 2.75) is 52.2 Å². The summed E-state index contributed by atoms with van der Waals surface area (Å²) >= 11 is 0.